The molecule has 3 heterocycles. The Morgan fingerprint density at radius 2 is 2.12 bits per heavy atom. The van der Waals surface area contributed by atoms with Gasteiger partial charge >= 0.3 is 6.09 Å². The molecule has 1 aliphatic rings. The Morgan fingerprint density at radius 1 is 1.30 bits per heavy atom. The van der Waals surface area contributed by atoms with Crippen LogP contribution in [0.25, 0.3) is 5.69 Å². The maximum Gasteiger partial charge on any atom is 0.415 e. The summed E-state index contributed by atoms with van der Waals surface area (Å²) in [6, 6.07) is 7.33. The largest absolute Gasteiger partial charge is 0.449 e. The first-order chi connectivity index (χ1) is 15.8. The molecule has 0 bridgehead atoms. The molecule has 0 aliphatic carbocycles. The van der Waals surface area contributed by atoms with Crippen molar-refractivity contribution in [1.29, 1.82) is 0 Å². The molecule has 0 saturated carbocycles. The van der Waals surface area contributed by atoms with Crippen molar-refractivity contribution in [2.24, 2.45) is 0 Å². The molecule has 1 aromatic carbocycles. The second kappa shape index (κ2) is 9.74. The second-order valence-electron chi connectivity index (χ2n) is 8.03. The highest BCUT2D eigenvalue weighted by Crippen LogP contribution is 2.33. The van der Waals surface area contributed by atoms with Gasteiger partial charge in [0.05, 0.1) is 30.4 Å². The molecule has 1 aliphatic heterocycles. The zero-order valence-corrected chi connectivity index (χ0v) is 19.5. The average Bonchev–Trinajstić information content (AvgIpc) is 3.23. The number of nitrogens with one attached hydrogen (secondary N) is 1. The third-order valence-electron chi connectivity index (χ3n) is 5.62. The van der Waals surface area contributed by atoms with Crippen molar-refractivity contribution >= 4 is 29.5 Å². The number of hydrogen-bond donors (Lipinski definition) is 1. The maximum absolute atomic E-state index is 12.9. The Balaban J connectivity index is 1.47. The van der Waals surface area contributed by atoms with Gasteiger partial charge in [0.15, 0.2) is 0 Å². The van der Waals surface area contributed by atoms with Gasteiger partial charge in [-0.15, -0.1) is 0 Å². The van der Waals surface area contributed by atoms with Crippen molar-refractivity contribution < 1.29 is 13.9 Å². The standard InChI is InChI=1S/C23H26ClFN6O2/c1-14(25)10-12-33-23(32)30(3)20-9-11-26-22(29-20)28-15(2)21-19-8-7-16-17(24)5-4-6-18(16)31(19)13-27-21/h4-6,9,11,13-15H,7-8,10,12H2,1-3H3,(H,26,28,29)/t14-,15-/m0/s1. The molecule has 2 atom stereocenters. The molecule has 1 amide bonds. The smallest absolute Gasteiger partial charge is 0.415 e. The fourth-order valence-electron chi connectivity index (χ4n) is 3.84. The van der Waals surface area contributed by atoms with Gasteiger partial charge in [-0.1, -0.05) is 17.7 Å². The van der Waals surface area contributed by atoms with E-state index in [0.29, 0.717) is 11.8 Å². The maximum atomic E-state index is 12.9. The number of aromatic nitrogens is 4. The van der Waals surface area contributed by atoms with Gasteiger partial charge in [0, 0.05) is 30.4 Å². The van der Waals surface area contributed by atoms with E-state index in [1.54, 1.807) is 19.3 Å². The van der Waals surface area contributed by atoms with E-state index >= 15 is 0 Å². The Morgan fingerprint density at radius 3 is 2.91 bits per heavy atom. The van der Waals surface area contributed by atoms with Crippen molar-refractivity contribution in [1.82, 2.24) is 19.5 Å². The molecule has 0 saturated heterocycles. The van der Waals surface area contributed by atoms with E-state index in [-0.39, 0.29) is 19.1 Å². The highest BCUT2D eigenvalue weighted by molar-refractivity contribution is 6.31. The molecule has 0 fully saturated rings. The van der Waals surface area contributed by atoms with E-state index in [1.165, 1.54) is 11.8 Å². The van der Waals surface area contributed by atoms with Gasteiger partial charge in [-0.3, -0.25) is 4.90 Å². The number of imidazole rings is 1. The predicted molar refractivity (Wildman–Crippen MR) is 125 cm³/mol. The van der Waals surface area contributed by atoms with Crippen LogP contribution in [0, 0.1) is 0 Å². The summed E-state index contributed by atoms with van der Waals surface area (Å²) >= 11 is 6.37. The van der Waals surface area contributed by atoms with Crippen molar-refractivity contribution in [3.05, 3.63) is 58.8 Å². The van der Waals surface area contributed by atoms with E-state index < -0.39 is 12.3 Å². The minimum Gasteiger partial charge on any atom is -0.449 e. The summed E-state index contributed by atoms with van der Waals surface area (Å²) in [5, 5.41) is 4.04. The molecule has 174 valence electrons. The molecular formula is C23H26ClFN6O2. The average molecular weight is 473 g/mol. The first kappa shape index (κ1) is 23.0. The highest BCUT2D eigenvalue weighted by Gasteiger charge is 2.24. The Bertz CT molecular complexity index is 1150. The van der Waals surface area contributed by atoms with E-state index in [9.17, 15) is 9.18 Å². The van der Waals surface area contributed by atoms with E-state index in [0.717, 1.165) is 40.5 Å². The van der Waals surface area contributed by atoms with Crippen LogP contribution in [0.15, 0.2) is 36.8 Å². The van der Waals surface area contributed by atoms with Gasteiger partial charge < -0.3 is 14.6 Å². The lowest BCUT2D eigenvalue weighted by molar-refractivity contribution is 0.143. The van der Waals surface area contributed by atoms with Gasteiger partial charge in [0.25, 0.3) is 0 Å². The number of hydrogen-bond acceptors (Lipinski definition) is 6. The molecule has 0 unspecified atom stereocenters. The molecule has 0 radical (unpaired) electrons. The van der Waals surface area contributed by atoms with Crippen LogP contribution in [0.2, 0.25) is 5.02 Å². The van der Waals surface area contributed by atoms with Crippen LogP contribution in [0.4, 0.5) is 21.0 Å². The number of anilines is 2. The summed E-state index contributed by atoms with van der Waals surface area (Å²) in [6.07, 6.45) is 3.57. The lowest BCUT2D eigenvalue weighted by atomic mass is 9.99. The van der Waals surface area contributed by atoms with Crippen LogP contribution >= 0.6 is 11.6 Å². The fourth-order valence-corrected chi connectivity index (χ4v) is 4.10. The van der Waals surface area contributed by atoms with Gasteiger partial charge in [-0.2, -0.15) is 4.98 Å². The van der Waals surface area contributed by atoms with E-state index in [2.05, 4.69) is 24.8 Å². The van der Waals surface area contributed by atoms with Crippen molar-refractivity contribution in [2.45, 2.75) is 45.3 Å². The molecule has 1 N–H and O–H groups in total. The minimum atomic E-state index is -1.03. The van der Waals surface area contributed by atoms with Crippen molar-refractivity contribution in [3.8, 4) is 5.69 Å². The number of fused-ring (bicyclic) bond motifs is 3. The quantitative estimate of drug-likeness (QED) is 0.526. The van der Waals surface area contributed by atoms with Crippen molar-refractivity contribution in [2.75, 3.05) is 23.9 Å². The minimum absolute atomic E-state index is 0.00778. The summed E-state index contributed by atoms with van der Waals surface area (Å²) in [5.41, 5.74) is 4.20. The molecule has 2 aromatic heterocycles. The summed E-state index contributed by atoms with van der Waals surface area (Å²) in [5.74, 6) is 0.728. The SMILES string of the molecule is C[C@H](F)CCOC(=O)N(C)c1ccnc(N[C@@H](C)c2ncn3c2CCc2c(Cl)cccc2-3)n1. The van der Waals surface area contributed by atoms with Crippen LogP contribution in [0.3, 0.4) is 0 Å². The van der Waals surface area contributed by atoms with Gasteiger partial charge in [-0.25, -0.2) is 19.2 Å². The summed E-state index contributed by atoms with van der Waals surface area (Å²) in [4.78, 5) is 26.8. The molecular weight excluding hydrogens is 447 g/mol. The zero-order valence-electron chi connectivity index (χ0n) is 18.8. The lowest BCUT2D eigenvalue weighted by Gasteiger charge is -2.22. The highest BCUT2D eigenvalue weighted by atomic mass is 35.5. The van der Waals surface area contributed by atoms with Gasteiger partial charge in [0.1, 0.15) is 12.0 Å². The molecule has 4 rings (SSSR count). The number of benzene rings is 1. The van der Waals surface area contributed by atoms with Crippen LogP contribution < -0.4 is 10.2 Å². The van der Waals surface area contributed by atoms with E-state index in [1.807, 2.05) is 31.5 Å². The Labute approximate surface area is 196 Å². The molecule has 0 spiro atoms. The van der Waals surface area contributed by atoms with E-state index in [4.69, 9.17) is 16.3 Å². The molecule has 33 heavy (non-hydrogen) atoms. The Hall–Kier alpha value is -3.20. The second-order valence-corrected chi connectivity index (χ2v) is 8.44. The summed E-state index contributed by atoms with van der Waals surface area (Å²) in [6.45, 7) is 3.42. The van der Waals surface area contributed by atoms with Gasteiger partial charge in [-0.05, 0) is 50.5 Å². The molecule has 3 aromatic rings. The van der Waals surface area contributed by atoms with Crippen LogP contribution in [-0.4, -0.2) is 45.4 Å². The van der Waals surface area contributed by atoms with Crippen molar-refractivity contribution in [3.63, 3.8) is 0 Å². The lowest BCUT2D eigenvalue weighted by Crippen LogP contribution is -2.29. The molecule has 8 nitrogen and oxygen atoms in total. The zero-order chi connectivity index (χ0) is 23.5. The number of carbonyl (C=O) groups is 1. The van der Waals surface area contributed by atoms with Gasteiger partial charge in [0.2, 0.25) is 5.95 Å². The topological polar surface area (TPSA) is 85.2 Å². The third kappa shape index (κ3) is 4.93. The fraction of sp³-hybridized carbons (Fsp3) is 0.391. The van der Waals surface area contributed by atoms with Crippen LogP contribution in [0.1, 0.15) is 43.3 Å². The van der Waals surface area contributed by atoms with Crippen LogP contribution in [0.5, 0.6) is 0 Å². The number of rotatable bonds is 7. The number of nitrogens with zero attached hydrogens (tertiary/aromatic N) is 5. The first-order valence-electron chi connectivity index (χ1n) is 10.8. The molecule has 10 heteroatoms. The summed E-state index contributed by atoms with van der Waals surface area (Å²) < 4.78 is 20.1. The Kier molecular flexibility index (Phi) is 6.78. The first-order valence-corrected chi connectivity index (χ1v) is 11.2. The third-order valence-corrected chi connectivity index (χ3v) is 5.97. The number of ether oxygens (including phenoxy) is 1. The number of alkyl halides is 1. The van der Waals surface area contributed by atoms with Crippen LogP contribution in [-0.2, 0) is 17.6 Å². The monoisotopic (exact) mass is 472 g/mol. The predicted octanol–water partition coefficient (Wildman–Crippen LogP) is 4.91. The number of carbonyl (C=O) groups excluding carboxylic acids is 1. The number of halogens is 2. The normalized spacial score (nSPS) is 14.1. The summed E-state index contributed by atoms with van der Waals surface area (Å²) in [7, 11) is 1.55. The number of amides is 1.